The van der Waals surface area contributed by atoms with E-state index in [9.17, 15) is 9.59 Å². The number of hydrogen-bond acceptors (Lipinski definition) is 4. The van der Waals surface area contributed by atoms with E-state index in [2.05, 4.69) is 12.2 Å². The fourth-order valence-corrected chi connectivity index (χ4v) is 3.74. The number of urea groups is 1. The van der Waals surface area contributed by atoms with Gasteiger partial charge in [0.05, 0.1) is 13.2 Å². The summed E-state index contributed by atoms with van der Waals surface area (Å²) in [6.45, 7) is 9.19. The number of benzene rings is 2. The van der Waals surface area contributed by atoms with Crippen LogP contribution >= 0.6 is 0 Å². The van der Waals surface area contributed by atoms with Crippen LogP contribution in [-0.4, -0.2) is 38.8 Å². The third-order valence-electron chi connectivity index (χ3n) is 5.69. The molecule has 0 atom stereocenters. The molecule has 190 valence electrons. The number of amides is 2. The Hall–Kier alpha value is -3.28. The summed E-state index contributed by atoms with van der Waals surface area (Å²) in [5, 5.41) is 3.01. The first kappa shape index (κ1) is 28.0. The van der Waals surface area contributed by atoms with Gasteiger partial charge in [-0.05, 0) is 62.6 Å². The summed E-state index contributed by atoms with van der Waals surface area (Å²) in [6.07, 6.45) is 7.59. The molecule has 0 fully saturated rings. The van der Waals surface area contributed by atoms with Crippen LogP contribution in [0.2, 0.25) is 0 Å². The molecule has 6 heteroatoms. The van der Waals surface area contributed by atoms with Gasteiger partial charge in [-0.15, -0.1) is 0 Å². The van der Waals surface area contributed by atoms with Gasteiger partial charge in [0.15, 0.2) is 0 Å². The van der Waals surface area contributed by atoms with Crippen molar-refractivity contribution >= 4 is 23.8 Å². The maximum Gasteiger partial charge on any atom is 0.333 e. The number of anilines is 1. The van der Waals surface area contributed by atoms with Crippen LogP contribution in [0.1, 0.15) is 65.4 Å². The highest BCUT2D eigenvalue weighted by atomic mass is 16.5. The van der Waals surface area contributed by atoms with E-state index in [4.69, 9.17) is 9.47 Å². The zero-order valence-electron chi connectivity index (χ0n) is 21.9. The maximum absolute atomic E-state index is 12.6. The molecule has 0 saturated carbocycles. The number of nitrogens with zero attached hydrogens (tertiary/aromatic N) is 1. The Morgan fingerprint density at radius 1 is 0.971 bits per heavy atom. The largest absolute Gasteiger partial charge is 0.493 e. The molecule has 2 amide bonds. The second kappa shape index (κ2) is 14.9. The van der Waals surface area contributed by atoms with Crippen molar-refractivity contribution in [1.82, 2.24) is 5.32 Å². The molecule has 0 radical (unpaired) electrons. The summed E-state index contributed by atoms with van der Waals surface area (Å²) in [7, 11) is 1.78. The number of rotatable bonds is 13. The fraction of sp³-hybridized carbons (Fsp3) is 0.448. The van der Waals surface area contributed by atoms with Crippen LogP contribution in [0.25, 0.3) is 17.2 Å². The number of hydrogen-bond donors (Lipinski definition) is 1. The zero-order valence-corrected chi connectivity index (χ0v) is 21.9. The predicted molar refractivity (Wildman–Crippen MR) is 144 cm³/mol. The lowest BCUT2D eigenvalue weighted by Gasteiger charge is -2.19. The van der Waals surface area contributed by atoms with E-state index in [1.54, 1.807) is 31.9 Å². The van der Waals surface area contributed by atoms with Crippen LogP contribution < -0.4 is 15.0 Å². The Bertz CT molecular complexity index is 1000. The van der Waals surface area contributed by atoms with Gasteiger partial charge in [-0.3, -0.25) is 4.90 Å². The fourth-order valence-electron chi connectivity index (χ4n) is 3.74. The molecule has 0 saturated heterocycles. The van der Waals surface area contributed by atoms with Gasteiger partial charge in [-0.1, -0.05) is 56.9 Å². The summed E-state index contributed by atoms with van der Waals surface area (Å²) < 4.78 is 11.0. The standard InChI is InChI=1S/C29H40N2O4/c1-6-9-10-11-12-18-30-29(33)31(5)25-15-13-14-24(21-25)26-17-16-23(20-27(26)34-7-2)19-22(4)28(32)35-8-3/h13-17,19-21H,6-12,18H2,1-5H3,(H,30,33)/b22-19+. The summed E-state index contributed by atoms with van der Waals surface area (Å²) in [5.74, 6) is 0.388. The molecular weight excluding hydrogens is 440 g/mol. The van der Waals surface area contributed by atoms with E-state index >= 15 is 0 Å². The topological polar surface area (TPSA) is 67.9 Å². The lowest BCUT2D eigenvalue weighted by molar-refractivity contribution is -0.138. The molecule has 0 unspecified atom stereocenters. The molecule has 0 aromatic heterocycles. The van der Waals surface area contributed by atoms with Gasteiger partial charge < -0.3 is 14.8 Å². The zero-order chi connectivity index (χ0) is 25.6. The predicted octanol–water partition coefficient (Wildman–Crippen LogP) is 6.83. The summed E-state index contributed by atoms with van der Waals surface area (Å²) in [6, 6.07) is 13.6. The van der Waals surface area contributed by atoms with Crippen molar-refractivity contribution in [3.05, 3.63) is 53.6 Å². The summed E-state index contributed by atoms with van der Waals surface area (Å²) in [4.78, 5) is 26.2. The first-order valence-electron chi connectivity index (χ1n) is 12.6. The molecule has 2 aromatic carbocycles. The van der Waals surface area contributed by atoms with E-state index in [1.807, 2.05) is 49.4 Å². The third kappa shape index (κ3) is 8.78. The number of ether oxygens (including phenoxy) is 2. The van der Waals surface area contributed by atoms with E-state index in [1.165, 1.54) is 19.3 Å². The van der Waals surface area contributed by atoms with Crippen LogP contribution in [0.5, 0.6) is 5.75 Å². The average Bonchev–Trinajstić information content (AvgIpc) is 2.86. The quantitative estimate of drug-likeness (QED) is 0.194. The molecular formula is C29H40N2O4. The highest BCUT2D eigenvalue weighted by Crippen LogP contribution is 2.33. The molecule has 2 rings (SSSR count). The van der Waals surface area contributed by atoms with Crippen molar-refractivity contribution in [1.29, 1.82) is 0 Å². The van der Waals surface area contributed by atoms with Gasteiger partial charge in [-0.2, -0.15) is 0 Å². The smallest absolute Gasteiger partial charge is 0.333 e. The number of carbonyl (C=O) groups is 2. The average molecular weight is 481 g/mol. The minimum absolute atomic E-state index is 0.113. The summed E-state index contributed by atoms with van der Waals surface area (Å²) >= 11 is 0. The molecule has 35 heavy (non-hydrogen) atoms. The lowest BCUT2D eigenvalue weighted by atomic mass is 10.0. The first-order valence-corrected chi connectivity index (χ1v) is 12.6. The van der Waals surface area contributed by atoms with Gasteiger partial charge in [0.2, 0.25) is 0 Å². The number of unbranched alkanes of at least 4 members (excludes halogenated alkanes) is 4. The number of esters is 1. The van der Waals surface area contributed by atoms with E-state index in [-0.39, 0.29) is 12.0 Å². The highest BCUT2D eigenvalue weighted by Gasteiger charge is 2.14. The first-order chi connectivity index (χ1) is 16.9. The number of nitrogens with one attached hydrogen (secondary N) is 1. The van der Waals surface area contributed by atoms with Gasteiger partial charge in [-0.25, -0.2) is 9.59 Å². The second-order valence-electron chi connectivity index (χ2n) is 8.49. The molecule has 0 aliphatic carbocycles. The Balaban J connectivity index is 2.18. The second-order valence-corrected chi connectivity index (χ2v) is 8.49. The Kier molecular flexibility index (Phi) is 11.9. The molecule has 0 heterocycles. The SMILES string of the molecule is CCCCCCCNC(=O)N(C)c1cccc(-c2ccc(/C=C(\C)C(=O)OCC)cc2OCC)c1. The third-order valence-corrected chi connectivity index (χ3v) is 5.69. The molecule has 2 aromatic rings. The molecule has 0 bridgehead atoms. The van der Waals surface area contributed by atoms with Gasteiger partial charge in [0, 0.05) is 30.4 Å². The van der Waals surface area contributed by atoms with Gasteiger partial charge in [0.25, 0.3) is 0 Å². The van der Waals surface area contributed by atoms with Crippen molar-refractivity contribution in [2.75, 3.05) is 31.7 Å². The molecule has 0 aliphatic rings. The van der Waals surface area contributed by atoms with Crippen LogP contribution in [0.3, 0.4) is 0 Å². The Morgan fingerprint density at radius 2 is 1.74 bits per heavy atom. The van der Waals surface area contributed by atoms with E-state index in [0.717, 1.165) is 35.2 Å². The van der Waals surface area contributed by atoms with Crippen LogP contribution in [0.4, 0.5) is 10.5 Å². The van der Waals surface area contributed by atoms with E-state index in [0.29, 0.717) is 31.1 Å². The molecule has 0 aliphatic heterocycles. The van der Waals surface area contributed by atoms with E-state index < -0.39 is 0 Å². The maximum atomic E-state index is 12.6. The Labute approximate surface area is 210 Å². The summed E-state index contributed by atoms with van der Waals surface area (Å²) in [5.41, 5.74) is 4.05. The van der Waals surface area contributed by atoms with Crippen LogP contribution in [0, 0.1) is 0 Å². The molecule has 1 N–H and O–H groups in total. The number of carbonyl (C=O) groups excluding carboxylic acids is 2. The molecule has 6 nitrogen and oxygen atoms in total. The normalized spacial score (nSPS) is 11.2. The van der Waals surface area contributed by atoms with Crippen molar-refractivity contribution in [3.8, 4) is 16.9 Å². The van der Waals surface area contributed by atoms with Gasteiger partial charge in [0.1, 0.15) is 5.75 Å². The van der Waals surface area contributed by atoms with Crippen LogP contribution in [0.15, 0.2) is 48.0 Å². The minimum Gasteiger partial charge on any atom is -0.493 e. The minimum atomic E-state index is -0.329. The lowest BCUT2D eigenvalue weighted by Crippen LogP contribution is -2.37. The van der Waals surface area contributed by atoms with Gasteiger partial charge >= 0.3 is 12.0 Å². The highest BCUT2D eigenvalue weighted by molar-refractivity contribution is 5.94. The van der Waals surface area contributed by atoms with Crippen molar-refractivity contribution in [2.24, 2.45) is 0 Å². The van der Waals surface area contributed by atoms with Crippen molar-refractivity contribution in [2.45, 2.75) is 59.8 Å². The Morgan fingerprint density at radius 3 is 2.46 bits per heavy atom. The molecule has 0 spiro atoms. The monoisotopic (exact) mass is 480 g/mol. The van der Waals surface area contributed by atoms with Crippen LogP contribution in [-0.2, 0) is 9.53 Å². The van der Waals surface area contributed by atoms with Crippen molar-refractivity contribution < 1.29 is 19.1 Å². The van der Waals surface area contributed by atoms with Crippen molar-refractivity contribution in [3.63, 3.8) is 0 Å².